The lowest BCUT2D eigenvalue weighted by atomic mass is 10.0. The van der Waals surface area contributed by atoms with Crippen molar-refractivity contribution in [1.29, 1.82) is 0 Å². The van der Waals surface area contributed by atoms with Gasteiger partial charge in [0.2, 0.25) is 0 Å². The molecular weight excluding hydrogens is 805 g/mol. The monoisotopic (exact) mass is 907 g/mol. The van der Waals surface area contributed by atoms with E-state index in [0.29, 0.717) is 19.3 Å². The van der Waals surface area contributed by atoms with Crippen molar-refractivity contribution in [3.8, 4) is 0 Å². The first kappa shape index (κ1) is 61.9. The minimum Gasteiger partial charge on any atom is -0.462 e. The molecule has 0 aliphatic heterocycles. The summed E-state index contributed by atoms with van der Waals surface area (Å²) in [5.41, 5.74) is 0. The van der Waals surface area contributed by atoms with Crippen LogP contribution in [0, 0.1) is 0 Å². The van der Waals surface area contributed by atoms with E-state index in [9.17, 15) is 14.4 Å². The Morgan fingerprint density at radius 3 is 0.938 bits per heavy atom. The second kappa shape index (κ2) is 53.5. The van der Waals surface area contributed by atoms with Gasteiger partial charge in [-0.3, -0.25) is 14.4 Å². The van der Waals surface area contributed by atoms with Crippen molar-refractivity contribution in [3.63, 3.8) is 0 Å². The summed E-state index contributed by atoms with van der Waals surface area (Å²) < 4.78 is 16.8. The van der Waals surface area contributed by atoms with Gasteiger partial charge in [0.05, 0.1) is 0 Å². The molecule has 0 rings (SSSR count). The molecule has 374 valence electrons. The molecule has 0 spiro atoms. The first-order valence-electron chi connectivity index (χ1n) is 27.4. The molecule has 0 aromatic rings. The number of hydrogen-bond donors (Lipinski definition) is 0. The van der Waals surface area contributed by atoms with E-state index in [0.717, 1.165) is 96.3 Å². The largest absolute Gasteiger partial charge is 0.462 e. The Labute approximate surface area is 402 Å². The molecule has 0 saturated heterocycles. The lowest BCUT2D eigenvalue weighted by Gasteiger charge is -2.18. The van der Waals surface area contributed by atoms with E-state index in [1.54, 1.807) is 0 Å². The zero-order valence-electron chi connectivity index (χ0n) is 42.7. The number of hydrogen-bond acceptors (Lipinski definition) is 6. The Balaban J connectivity index is 4.37. The van der Waals surface area contributed by atoms with Gasteiger partial charge in [-0.05, 0) is 70.6 Å². The van der Waals surface area contributed by atoms with E-state index in [1.165, 1.54) is 128 Å². The van der Waals surface area contributed by atoms with Gasteiger partial charge < -0.3 is 14.2 Å². The molecule has 0 amide bonds. The van der Waals surface area contributed by atoms with Gasteiger partial charge in [-0.1, -0.05) is 248 Å². The first-order valence-corrected chi connectivity index (χ1v) is 27.4. The van der Waals surface area contributed by atoms with Crippen LogP contribution >= 0.6 is 0 Å². The topological polar surface area (TPSA) is 78.9 Å². The molecular formula is C59H102O6. The molecule has 0 N–H and O–H groups in total. The molecule has 0 aromatic heterocycles. The van der Waals surface area contributed by atoms with Crippen LogP contribution in [0.1, 0.15) is 265 Å². The Morgan fingerprint density at radius 1 is 0.323 bits per heavy atom. The predicted octanol–water partition coefficient (Wildman–Crippen LogP) is 18.2. The summed E-state index contributed by atoms with van der Waals surface area (Å²) in [7, 11) is 0. The summed E-state index contributed by atoms with van der Waals surface area (Å²) in [6.45, 7) is 6.49. The summed E-state index contributed by atoms with van der Waals surface area (Å²) in [6, 6.07) is 0. The molecule has 1 atom stereocenters. The number of ether oxygens (including phenoxy) is 3. The Hall–Kier alpha value is -3.15. The highest BCUT2D eigenvalue weighted by Gasteiger charge is 2.19. The predicted molar refractivity (Wildman–Crippen MR) is 279 cm³/mol. The summed E-state index contributed by atoms with van der Waals surface area (Å²) in [5, 5.41) is 0. The molecule has 0 aliphatic carbocycles. The van der Waals surface area contributed by atoms with Crippen LogP contribution in [0.2, 0.25) is 0 Å². The van der Waals surface area contributed by atoms with E-state index in [4.69, 9.17) is 14.2 Å². The molecule has 65 heavy (non-hydrogen) atoms. The van der Waals surface area contributed by atoms with Crippen molar-refractivity contribution in [2.24, 2.45) is 0 Å². The van der Waals surface area contributed by atoms with Crippen LogP contribution in [0.5, 0.6) is 0 Å². The maximum absolute atomic E-state index is 12.8. The third kappa shape index (κ3) is 51.7. The molecule has 6 heteroatoms. The van der Waals surface area contributed by atoms with Gasteiger partial charge in [0.1, 0.15) is 13.2 Å². The van der Waals surface area contributed by atoms with Crippen molar-refractivity contribution >= 4 is 17.9 Å². The van der Waals surface area contributed by atoms with Crippen molar-refractivity contribution in [2.75, 3.05) is 13.2 Å². The Bertz CT molecular complexity index is 1230. The fourth-order valence-electron chi connectivity index (χ4n) is 7.62. The van der Waals surface area contributed by atoms with Crippen LogP contribution in [-0.4, -0.2) is 37.2 Å². The third-order valence-electron chi connectivity index (χ3n) is 11.7. The van der Waals surface area contributed by atoms with Gasteiger partial charge in [-0.2, -0.15) is 0 Å². The molecule has 1 unspecified atom stereocenters. The molecule has 0 fully saturated rings. The number of carbonyl (C=O) groups excluding carboxylic acids is 3. The smallest absolute Gasteiger partial charge is 0.306 e. The number of esters is 3. The SMILES string of the molecule is CC/C=C\C/C=C\C/C=C\C/C=C\C/C=C\C/C=C\CCCCC(=O)OCC(COC(=O)CCCCCCCCCCC)OC(=O)CCCCCCCCCCCCCCCCCCC. The molecule has 6 nitrogen and oxygen atoms in total. The van der Waals surface area contributed by atoms with E-state index in [1.807, 2.05) is 0 Å². The van der Waals surface area contributed by atoms with Gasteiger partial charge in [0.25, 0.3) is 0 Å². The van der Waals surface area contributed by atoms with Crippen LogP contribution in [0.25, 0.3) is 0 Å². The second-order valence-corrected chi connectivity index (χ2v) is 18.1. The number of allylic oxidation sites excluding steroid dienone is 12. The zero-order valence-corrected chi connectivity index (χ0v) is 42.7. The van der Waals surface area contributed by atoms with Gasteiger partial charge in [-0.25, -0.2) is 0 Å². The Kier molecular flexibility index (Phi) is 50.9. The van der Waals surface area contributed by atoms with Crippen LogP contribution in [0.3, 0.4) is 0 Å². The summed E-state index contributed by atoms with van der Waals surface area (Å²) in [6.07, 6.45) is 67.5. The van der Waals surface area contributed by atoms with Crippen molar-refractivity contribution in [1.82, 2.24) is 0 Å². The number of unbranched alkanes of at least 4 members (excludes halogenated alkanes) is 26. The molecule has 0 aromatic carbocycles. The van der Waals surface area contributed by atoms with Crippen LogP contribution in [0.15, 0.2) is 72.9 Å². The Morgan fingerprint density at radius 2 is 0.600 bits per heavy atom. The molecule has 0 bridgehead atoms. The van der Waals surface area contributed by atoms with Crippen LogP contribution in [0.4, 0.5) is 0 Å². The molecule has 0 saturated carbocycles. The van der Waals surface area contributed by atoms with E-state index in [2.05, 4.69) is 93.7 Å². The van der Waals surface area contributed by atoms with E-state index in [-0.39, 0.29) is 31.1 Å². The minimum absolute atomic E-state index is 0.0863. The molecule has 0 aliphatic rings. The van der Waals surface area contributed by atoms with Gasteiger partial charge in [0.15, 0.2) is 6.10 Å². The fourth-order valence-corrected chi connectivity index (χ4v) is 7.62. The maximum atomic E-state index is 12.8. The summed E-state index contributed by atoms with van der Waals surface area (Å²) in [5.74, 6) is -0.927. The average Bonchev–Trinajstić information content (AvgIpc) is 3.30. The molecule has 0 radical (unpaired) electrons. The van der Waals surface area contributed by atoms with Crippen molar-refractivity contribution < 1.29 is 28.6 Å². The quantitative estimate of drug-likeness (QED) is 0.0262. The standard InChI is InChI=1S/C59H102O6/c1-4-7-10-13-16-19-21-23-25-27-28-29-30-32-33-35-37-40-43-46-49-52-58(61)64-55-56(54-63-57(60)51-48-45-42-39-18-15-12-9-6-3)65-59(62)53-50-47-44-41-38-36-34-31-26-24-22-20-17-14-11-8-5-2/h7,10,16,19,23,25,28-29,32-33,37,40,56H,4-6,8-9,11-15,17-18,20-22,24,26-27,30-31,34-36,38-39,41-55H2,1-3H3/b10-7-,19-16-,25-23-,29-28-,33-32-,40-37-. The zero-order chi connectivity index (χ0) is 47.2. The maximum Gasteiger partial charge on any atom is 0.306 e. The third-order valence-corrected chi connectivity index (χ3v) is 11.7. The average molecular weight is 907 g/mol. The number of rotatable bonds is 49. The van der Waals surface area contributed by atoms with Crippen LogP contribution < -0.4 is 0 Å². The summed E-state index contributed by atoms with van der Waals surface area (Å²) >= 11 is 0. The fraction of sp³-hybridized carbons (Fsp3) is 0.746. The summed E-state index contributed by atoms with van der Waals surface area (Å²) in [4.78, 5) is 38.0. The second-order valence-electron chi connectivity index (χ2n) is 18.1. The number of carbonyl (C=O) groups is 3. The van der Waals surface area contributed by atoms with Gasteiger partial charge in [0, 0.05) is 19.3 Å². The van der Waals surface area contributed by atoms with Crippen LogP contribution in [-0.2, 0) is 28.6 Å². The van der Waals surface area contributed by atoms with Gasteiger partial charge >= 0.3 is 17.9 Å². The van der Waals surface area contributed by atoms with E-state index < -0.39 is 6.10 Å². The van der Waals surface area contributed by atoms with E-state index >= 15 is 0 Å². The molecule has 0 heterocycles. The van der Waals surface area contributed by atoms with Gasteiger partial charge in [-0.15, -0.1) is 0 Å². The minimum atomic E-state index is -0.789. The highest BCUT2D eigenvalue weighted by Crippen LogP contribution is 2.16. The van der Waals surface area contributed by atoms with Crippen molar-refractivity contribution in [3.05, 3.63) is 72.9 Å². The lowest BCUT2D eigenvalue weighted by molar-refractivity contribution is -0.167. The van der Waals surface area contributed by atoms with Crippen molar-refractivity contribution in [2.45, 2.75) is 271 Å². The highest BCUT2D eigenvalue weighted by molar-refractivity contribution is 5.71. The highest BCUT2D eigenvalue weighted by atomic mass is 16.6. The lowest BCUT2D eigenvalue weighted by Crippen LogP contribution is -2.30. The normalized spacial score (nSPS) is 12.6. The first-order chi connectivity index (χ1) is 32.0.